The molecule has 1 unspecified atom stereocenters. The first-order valence-corrected chi connectivity index (χ1v) is 10.9. The molecule has 1 saturated carbocycles. The van der Waals surface area contributed by atoms with E-state index in [9.17, 15) is 18.4 Å². The number of allylic oxidation sites excluding steroid dienone is 1. The number of hydroxylamine groups is 2. The van der Waals surface area contributed by atoms with E-state index in [4.69, 9.17) is 4.84 Å². The molecule has 2 aromatic carbocycles. The molecule has 4 rings (SSSR count). The minimum Gasteiger partial charge on any atom is -0.344 e. The Balaban J connectivity index is 1.71. The number of ketones is 1. The molecule has 1 aliphatic carbocycles. The van der Waals surface area contributed by atoms with Gasteiger partial charge in [-0.1, -0.05) is 31.2 Å². The fraction of sp³-hybridized carbons (Fsp3) is 0.360. The lowest BCUT2D eigenvalue weighted by Crippen LogP contribution is -2.42. The Bertz CT molecular complexity index is 1080. The molecule has 168 valence electrons. The van der Waals surface area contributed by atoms with Crippen LogP contribution >= 0.6 is 0 Å². The number of halogens is 2. The fourth-order valence-electron chi connectivity index (χ4n) is 4.28. The average Bonchev–Trinajstić information content (AvgIpc) is 2.76. The summed E-state index contributed by atoms with van der Waals surface area (Å²) in [7, 11) is 0. The summed E-state index contributed by atoms with van der Waals surface area (Å²) in [6, 6.07) is 9.88. The van der Waals surface area contributed by atoms with Crippen molar-refractivity contribution in [2.24, 2.45) is 5.92 Å². The number of amides is 1. The third-order valence-electron chi connectivity index (χ3n) is 6.12. The smallest absolute Gasteiger partial charge is 0.254 e. The van der Waals surface area contributed by atoms with Crippen molar-refractivity contribution in [3.63, 3.8) is 0 Å². The van der Waals surface area contributed by atoms with Crippen LogP contribution in [0.15, 0.2) is 48.2 Å². The fourth-order valence-corrected chi connectivity index (χ4v) is 4.28. The lowest BCUT2D eigenvalue weighted by atomic mass is 9.75. The molecule has 0 saturated heterocycles. The summed E-state index contributed by atoms with van der Waals surface area (Å²) >= 11 is 0. The molecule has 5 nitrogen and oxygen atoms in total. The van der Waals surface area contributed by atoms with E-state index in [1.165, 1.54) is 23.3 Å². The first-order valence-electron chi connectivity index (χ1n) is 10.9. The Morgan fingerprint density at radius 3 is 2.69 bits per heavy atom. The minimum atomic E-state index is -0.663. The van der Waals surface area contributed by atoms with E-state index in [-0.39, 0.29) is 17.9 Å². The van der Waals surface area contributed by atoms with Crippen molar-refractivity contribution < 1.29 is 23.2 Å². The van der Waals surface area contributed by atoms with Crippen LogP contribution in [-0.4, -0.2) is 23.4 Å². The number of hydrogen-bond acceptors (Lipinski definition) is 4. The lowest BCUT2D eigenvalue weighted by molar-refractivity contribution is -0.140. The van der Waals surface area contributed by atoms with Gasteiger partial charge in [-0.25, -0.2) is 8.78 Å². The standard InChI is InChI=1S/C25H26F2N2O3/c1-3-12-32-29-14-20-18(8-5-9-21(20)27)23(15(29)2)25(31)28-24(19-10-11-22(19)30)16-6-4-7-17(26)13-16/h4-9,13,19,24H,3,10-12,14H2,1-2H3,(H,28,31)/t19?,24-/m1/s1. The van der Waals surface area contributed by atoms with Crippen molar-refractivity contribution in [2.75, 3.05) is 6.61 Å². The molecule has 0 bridgehead atoms. The molecule has 7 heteroatoms. The molecule has 2 aliphatic rings. The van der Waals surface area contributed by atoms with E-state index in [1.54, 1.807) is 31.2 Å². The van der Waals surface area contributed by atoms with E-state index in [2.05, 4.69) is 5.32 Å². The molecule has 1 aliphatic heterocycles. The Kier molecular flexibility index (Phi) is 6.37. The topological polar surface area (TPSA) is 58.6 Å². The maximum Gasteiger partial charge on any atom is 0.254 e. The van der Waals surface area contributed by atoms with Gasteiger partial charge in [0.1, 0.15) is 17.4 Å². The normalized spacial score (nSPS) is 18.8. The van der Waals surface area contributed by atoms with Crippen LogP contribution in [0.5, 0.6) is 0 Å². The Morgan fingerprint density at radius 1 is 1.25 bits per heavy atom. The van der Waals surface area contributed by atoms with E-state index < -0.39 is 29.5 Å². The molecule has 32 heavy (non-hydrogen) atoms. The molecule has 1 N–H and O–H groups in total. The molecule has 2 aromatic rings. The van der Waals surface area contributed by atoms with Crippen LogP contribution in [0.2, 0.25) is 0 Å². The second-order valence-electron chi connectivity index (χ2n) is 8.21. The first kappa shape index (κ1) is 22.1. The van der Waals surface area contributed by atoms with Crippen molar-refractivity contribution in [3.05, 3.63) is 76.5 Å². The third-order valence-corrected chi connectivity index (χ3v) is 6.12. The van der Waals surface area contributed by atoms with Crippen molar-refractivity contribution in [1.29, 1.82) is 0 Å². The number of nitrogens with zero attached hydrogens (tertiary/aromatic N) is 1. The number of hydrogen-bond donors (Lipinski definition) is 1. The van der Waals surface area contributed by atoms with Gasteiger partial charge in [-0.05, 0) is 49.1 Å². The van der Waals surface area contributed by atoms with Gasteiger partial charge in [0.2, 0.25) is 0 Å². The van der Waals surface area contributed by atoms with Gasteiger partial charge < -0.3 is 5.32 Å². The third kappa shape index (κ3) is 4.17. The number of fused-ring (bicyclic) bond motifs is 1. The summed E-state index contributed by atoms with van der Waals surface area (Å²) in [5.74, 6) is -1.68. The van der Waals surface area contributed by atoms with Crippen LogP contribution in [0.25, 0.3) is 5.57 Å². The van der Waals surface area contributed by atoms with Crippen LogP contribution in [0.3, 0.4) is 0 Å². The number of rotatable bonds is 7. The zero-order valence-electron chi connectivity index (χ0n) is 18.2. The SMILES string of the molecule is CCCON1Cc2c(F)cccc2C(C(=O)N[C@H](c2cccc(F)c2)C2CCC2=O)=C1C. The molecular weight excluding hydrogens is 414 g/mol. The van der Waals surface area contributed by atoms with Crippen molar-refractivity contribution in [2.45, 2.75) is 45.7 Å². The second-order valence-corrected chi connectivity index (χ2v) is 8.21. The molecule has 1 heterocycles. The van der Waals surface area contributed by atoms with Crippen molar-refractivity contribution >= 4 is 17.3 Å². The van der Waals surface area contributed by atoms with Crippen LogP contribution in [0, 0.1) is 17.6 Å². The molecule has 1 fully saturated rings. The highest BCUT2D eigenvalue weighted by Crippen LogP contribution is 2.38. The Morgan fingerprint density at radius 2 is 2.03 bits per heavy atom. The van der Waals surface area contributed by atoms with Gasteiger partial charge in [0.25, 0.3) is 5.91 Å². The van der Waals surface area contributed by atoms with Gasteiger partial charge in [-0.3, -0.25) is 19.5 Å². The quantitative estimate of drug-likeness (QED) is 0.679. The Hall–Kier alpha value is -3.06. The van der Waals surface area contributed by atoms with Gasteiger partial charge in [-0.15, -0.1) is 0 Å². The zero-order chi connectivity index (χ0) is 22.8. The molecule has 0 aromatic heterocycles. The van der Waals surface area contributed by atoms with Gasteiger partial charge in [-0.2, -0.15) is 0 Å². The van der Waals surface area contributed by atoms with Crippen molar-refractivity contribution in [1.82, 2.24) is 10.4 Å². The van der Waals surface area contributed by atoms with E-state index >= 15 is 0 Å². The predicted octanol–water partition coefficient (Wildman–Crippen LogP) is 4.69. The summed E-state index contributed by atoms with van der Waals surface area (Å²) in [5.41, 5.74) is 2.25. The Labute approximate surface area is 186 Å². The van der Waals surface area contributed by atoms with E-state index in [0.717, 1.165) is 6.42 Å². The number of benzene rings is 2. The molecule has 0 radical (unpaired) electrons. The highest BCUT2D eigenvalue weighted by Gasteiger charge is 2.39. The van der Waals surface area contributed by atoms with Crippen LogP contribution in [0.1, 0.15) is 55.8 Å². The highest BCUT2D eigenvalue weighted by molar-refractivity contribution is 6.21. The number of nitrogens with one attached hydrogen (secondary N) is 1. The maximum absolute atomic E-state index is 14.6. The predicted molar refractivity (Wildman–Crippen MR) is 116 cm³/mol. The van der Waals surface area contributed by atoms with Crippen LogP contribution in [0.4, 0.5) is 8.78 Å². The van der Waals surface area contributed by atoms with Gasteiger partial charge in [0, 0.05) is 17.9 Å². The number of Topliss-reactive ketones (excluding diaryl/α,β-unsaturated/α-hetero) is 1. The summed E-state index contributed by atoms with van der Waals surface area (Å²) in [4.78, 5) is 31.5. The monoisotopic (exact) mass is 440 g/mol. The number of carbonyl (C=O) groups is 2. The minimum absolute atomic E-state index is 0.0354. The molecular formula is C25H26F2N2O3. The second kappa shape index (κ2) is 9.20. The summed E-state index contributed by atoms with van der Waals surface area (Å²) < 4.78 is 28.5. The average molecular weight is 440 g/mol. The summed E-state index contributed by atoms with van der Waals surface area (Å²) in [6.45, 7) is 4.34. The highest BCUT2D eigenvalue weighted by atomic mass is 19.1. The zero-order valence-corrected chi connectivity index (χ0v) is 18.2. The lowest BCUT2D eigenvalue weighted by Gasteiger charge is -2.35. The van der Waals surface area contributed by atoms with E-state index in [0.29, 0.717) is 41.8 Å². The number of carbonyl (C=O) groups excluding carboxylic acids is 2. The largest absolute Gasteiger partial charge is 0.344 e. The molecule has 2 atom stereocenters. The van der Waals surface area contributed by atoms with Gasteiger partial charge in [0.15, 0.2) is 0 Å². The summed E-state index contributed by atoms with van der Waals surface area (Å²) in [6.07, 6.45) is 1.83. The van der Waals surface area contributed by atoms with Crippen molar-refractivity contribution in [3.8, 4) is 0 Å². The van der Waals surface area contributed by atoms with Crippen LogP contribution in [-0.2, 0) is 21.0 Å². The van der Waals surface area contributed by atoms with E-state index in [1.807, 2.05) is 6.92 Å². The maximum atomic E-state index is 14.6. The van der Waals surface area contributed by atoms with Gasteiger partial charge >= 0.3 is 0 Å². The molecule has 1 amide bonds. The summed E-state index contributed by atoms with van der Waals surface area (Å²) in [5, 5.41) is 4.48. The van der Waals surface area contributed by atoms with Gasteiger partial charge in [0.05, 0.1) is 30.5 Å². The molecule has 0 spiro atoms. The van der Waals surface area contributed by atoms with Crippen LogP contribution < -0.4 is 5.32 Å². The first-order chi connectivity index (χ1) is 15.4.